The van der Waals surface area contributed by atoms with Crippen molar-refractivity contribution < 1.29 is 4.79 Å². The molecule has 1 saturated carbocycles. The van der Waals surface area contributed by atoms with Crippen molar-refractivity contribution in [3.63, 3.8) is 0 Å². The van der Waals surface area contributed by atoms with Crippen LogP contribution in [0.2, 0.25) is 0 Å². The summed E-state index contributed by atoms with van der Waals surface area (Å²) in [6, 6.07) is 3.91. The van der Waals surface area contributed by atoms with Crippen molar-refractivity contribution in [3.8, 4) is 0 Å². The molecule has 3 N–H and O–H groups in total. The number of carbonyl (C=O) groups is 1. The topological polar surface area (TPSA) is 68.0 Å². The molecule has 1 amide bonds. The summed E-state index contributed by atoms with van der Waals surface area (Å²) in [4.78, 5) is 16.1. The molecule has 0 radical (unpaired) electrons. The van der Waals surface area contributed by atoms with Crippen LogP contribution in [-0.2, 0) is 6.54 Å². The van der Waals surface area contributed by atoms with Gasteiger partial charge in [-0.25, -0.2) is 0 Å². The third kappa shape index (κ3) is 3.27. The van der Waals surface area contributed by atoms with Crippen LogP contribution in [0.5, 0.6) is 0 Å². The largest absolute Gasteiger partial charge is 0.348 e. The Morgan fingerprint density at radius 3 is 2.88 bits per heavy atom. The SMILES string of the molecule is NCc1ccnc(C(=O)NC2CCCCC2)c1. The minimum atomic E-state index is -0.0767. The van der Waals surface area contributed by atoms with E-state index in [1.165, 1.54) is 19.3 Å². The van der Waals surface area contributed by atoms with E-state index < -0.39 is 0 Å². The van der Waals surface area contributed by atoms with Crippen LogP contribution >= 0.6 is 0 Å². The van der Waals surface area contributed by atoms with E-state index >= 15 is 0 Å². The smallest absolute Gasteiger partial charge is 0.270 e. The Bertz CT molecular complexity index is 386. The molecule has 1 aromatic heterocycles. The maximum atomic E-state index is 12.0. The van der Waals surface area contributed by atoms with Crippen LogP contribution in [0.4, 0.5) is 0 Å². The fraction of sp³-hybridized carbons (Fsp3) is 0.538. The molecule has 0 bridgehead atoms. The Balaban J connectivity index is 1.98. The van der Waals surface area contributed by atoms with Gasteiger partial charge in [0.15, 0.2) is 0 Å². The molecule has 0 atom stereocenters. The monoisotopic (exact) mass is 233 g/mol. The van der Waals surface area contributed by atoms with Crippen molar-refractivity contribution in [1.82, 2.24) is 10.3 Å². The standard InChI is InChI=1S/C13H19N3O/c14-9-10-6-7-15-12(8-10)13(17)16-11-4-2-1-3-5-11/h6-8,11H,1-5,9,14H2,(H,16,17). The molecular weight excluding hydrogens is 214 g/mol. The predicted octanol–water partition coefficient (Wildman–Crippen LogP) is 1.60. The van der Waals surface area contributed by atoms with Crippen LogP contribution in [0.1, 0.15) is 48.2 Å². The van der Waals surface area contributed by atoms with E-state index in [4.69, 9.17) is 5.73 Å². The van der Waals surface area contributed by atoms with Gasteiger partial charge in [0.1, 0.15) is 5.69 Å². The normalized spacial score (nSPS) is 16.8. The molecule has 1 aliphatic rings. The summed E-state index contributed by atoms with van der Waals surface area (Å²) in [5, 5.41) is 3.04. The molecule has 1 fully saturated rings. The molecule has 4 nitrogen and oxygen atoms in total. The molecule has 0 spiro atoms. The van der Waals surface area contributed by atoms with Gasteiger partial charge in [0.05, 0.1) is 0 Å². The number of nitrogens with zero attached hydrogens (tertiary/aromatic N) is 1. The molecule has 1 aromatic rings. The summed E-state index contributed by atoms with van der Waals surface area (Å²) in [6.07, 6.45) is 7.51. The first-order valence-corrected chi connectivity index (χ1v) is 6.25. The summed E-state index contributed by atoms with van der Waals surface area (Å²) < 4.78 is 0. The molecule has 17 heavy (non-hydrogen) atoms. The number of amides is 1. The van der Waals surface area contributed by atoms with Gasteiger partial charge in [-0.15, -0.1) is 0 Å². The van der Waals surface area contributed by atoms with Crippen LogP contribution < -0.4 is 11.1 Å². The second-order valence-electron chi connectivity index (χ2n) is 4.56. The van der Waals surface area contributed by atoms with Crippen molar-refractivity contribution >= 4 is 5.91 Å². The van der Waals surface area contributed by atoms with Gasteiger partial charge >= 0.3 is 0 Å². The van der Waals surface area contributed by atoms with Crippen molar-refractivity contribution in [3.05, 3.63) is 29.6 Å². The fourth-order valence-corrected chi connectivity index (χ4v) is 2.23. The molecule has 0 aliphatic heterocycles. The molecular formula is C13H19N3O. The van der Waals surface area contributed by atoms with Crippen LogP contribution in [0.3, 0.4) is 0 Å². The number of hydrogen-bond acceptors (Lipinski definition) is 3. The Hall–Kier alpha value is -1.42. The highest BCUT2D eigenvalue weighted by Crippen LogP contribution is 2.17. The van der Waals surface area contributed by atoms with Crippen molar-refractivity contribution in [2.75, 3.05) is 0 Å². The zero-order valence-electron chi connectivity index (χ0n) is 9.98. The second kappa shape index (κ2) is 5.77. The zero-order valence-corrected chi connectivity index (χ0v) is 9.98. The number of rotatable bonds is 3. The van der Waals surface area contributed by atoms with Gasteiger partial charge in [-0.2, -0.15) is 0 Å². The molecule has 0 saturated heterocycles. The third-order valence-corrected chi connectivity index (χ3v) is 3.23. The fourth-order valence-electron chi connectivity index (χ4n) is 2.23. The number of pyridine rings is 1. The molecule has 92 valence electrons. The van der Waals surface area contributed by atoms with Gasteiger partial charge < -0.3 is 11.1 Å². The van der Waals surface area contributed by atoms with Crippen molar-refractivity contribution in [2.45, 2.75) is 44.7 Å². The Kier molecular flexibility index (Phi) is 4.09. The van der Waals surface area contributed by atoms with Crippen LogP contribution in [-0.4, -0.2) is 16.9 Å². The third-order valence-electron chi connectivity index (χ3n) is 3.23. The summed E-state index contributed by atoms with van der Waals surface area (Å²) in [7, 11) is 0. The van der Waals surface area contributed by atoms with E-state index in [2.05, 4.69) is 10.3 Å². The van der Waals surface area contributed by atoms with Gasteiger partial charge in [-0.05, 0) is 30.5 Å². The molecule has 4 heteroatoms. The maximum Gasteiger partial charge on any atom is 0.270 e. The van der Waals surface area contributed by atoms with E-state index in [1.807, 2.05) is 6.07 Å². The average Bonchev–Trinajstić information content (AvgIpc) is 2.40. The number of nitrogens with two attached hydrogens (primary N) is 1. The van der Waals surface area contributed by atoms with E-state index in [0.29, 0.717) is 18.3 Å². The van der Waals surface area contributed by atoms with Crippen LogP contribution in [0.15, 0.2) is 18.3 Å². The second-order valence-corrected chi connectivity index (χ2v) is 4.56. The Labute approximate surface area is 102 Å². The van der Waals surface area contributed by atoms with Crippen molar-refractivity contribution in [2.24, 2.45) is 5.73 Å². The number of hydrogen-bond donors (Lipinski definition) is 2. The van der Waals surface area contributed by atoms with E-state index in [-0.39, 0.29) is 5.91 Å². The van der Waals surface area contributed by atoms with Gasteiger partial charge in [0, 0.05) is 18.8 Å². The highest BCUT2D eigenvalue weighted by Gasteiger charge is 2.17. The van der Waals surface area contributed by atoms with Crippen molar-refractivity contribution in [1.29, 1.82) is 0 Å². The summed E-state index contributed by atoms with van der Waals surface area (Å²) in [5.41, 5.74) is 6.95. The predicted molar refractivity (Wildman–Crippen MR) is 66.5 cm³/mol. The summed E-state index contributed by atoms with van der Waals surface area (Å²) in [5.74, 6) is -0.0767. The van der Waals surface area contributed by atoms with E-state index in [9.17, 15) is 4.79 Å². The average molecular weight is 233 g/mol. The lowest BCUT2D eigenvalue weighted by molar-refractivity contribution is 0.0922. The molecule has 1 heterocycles. The minimum absolute atomic E-state index is 0.0767. The van der Waals surface area contributed by atoms with Gasteiger partial charge in [-0.1, -0.05) is 19.3 Å². The first kappa shape index (κ1) is 12.0. The number of nitrogens with one attached hydrogen (secondary N) is 1. The minimum Gasteiger partial charge on any atom is -0.348 e. The zero-order chi connectivity index (χ0) is 12.1. The van der Waals surface area contributed by atoms with Gasteiger partial charge in [-0.3, -0.25) is 9.78 Å². The Morgan fingerprint density at radius 1 is 1.41 bits per heavy atom. The van der Waals surface area contributed by atoms with Crippen LogP contribution in [0.25, 0.3) is 0 Å². The molecule has 2 rings (SSSR count). The number of carbonyl (C=O) groups excluding carboxylic acids is 1. The molecule has 0 aromatic carbocycles. The first-order valence-electron chi connectivity index (χ1n) is 6.25. The molecule has 0 unspecified atom stereocenters. The summed E-state index contributed by atoms with van der Waals surface area (Å²) >= 11 is 0. The van der Waals surface area contributed by atoms with Gasteiger partial charge in [0.2, 0.25) is 0 Å². The van der Waals surface area contributed by atoms with Gasteiger partial charge in [0.25, 0.3) is 5.91 Å². The number of aromatic nitrogens is 1. The maximum absolute atomic E-state index is 12.0. The van der Waals surface area contributed by atoms with E-state index in [0.717, 1.165) is 18.4 Å². The van der Waals surface area contributed by atoms with E-state index in [1.54, 1.807) is 12.3 Å². The highest BCUT2D eigenvalue weighted by molar-refractivity contribution is 5.92. The summed E-state index contributed by atoms with van der Waals surface area (Å²) in [6.45, 7) is 0.437. The lowest BCUT2D eigenvalue weighted by atomic mass is 9.95. The lowest BCUT2D eigenvalue weighted by Gasteiger charge is -2.22. The quantitative estimate of drug-likeness (QED) is 0.833. The molecule has 1 aliphatic carbocycles. The Morgan fingerprint density at radius 2 is 2.18 bits per heavy atom. The lowest BCUT2D eigenvalue weighted by Crippen LogP contribution is -2.36. The highest BCUT2D eigenvalue weighted by atomic mass is 16.1. The van der Waals surface area contributed by atoms with Crippen LogP contribution in [0, 0.1) is 0 Å². The first-order chi connectivity index (χ1) is 8.29.